The first-order valence-corrected chi connectivity index (χ1v) is 28.8. The number of aryl methyl sites for hydroxylation is 3. The van der Waals surface area contributed by atoms with E-state index in [0.29, 0.717) is 13.2 Å². The Labute approximate surface area is 466 Å². The van der Waals surface area contributed by atoms with Gasteiger partial charge in [-0.3, -0.25) is 0 Å². The average molecular weight is 1040 g/mol. The monoisotopic (exact) mass is 1040 g/mol. The van der Waals surface area contributed by atoms with E-state index in [9.17, 15) is 0 Å². The first-order chi connectivity index (χ1) is 37.3. The van der Waals surface area contributed by atoms with Gasteiger partial charge < -0.3 is 19.3 Å². The van der Waals surface area contributed by atoms with Crippen LogP contribution in [0.15, 0.2) is 164 Å². The summed E-state index contributed by atoms with van der Waals surface area (Å²) >= 11 is 1.88. The van der Waals surface area contributed by atoms with Gasteiger partial charge in [0, 0.05) is 49.3 Å². The van der Waals surface area contributed by atoms with Crippen LogP contribution in [0.1, 0.15) is 102 Å². The van der Waals surface area contributed by atoms with E-state index < -0.39 is 0 Å². The van der Waals surface area contributed by atoms with Gasteiger partial charge in [-0.15, -0.1) is 11.3 Å². The Morgan fingerprint density at radius 1 is 0.436 bits per heavy atom. The second-order valence-corrected chi connectivity index (χ2v) is 26.5. The van der Waals surface area contributed by atoms with Crippen molar-refractivity contribution in [1.82, 2.24) is 0 Å². The molecule has 388 valence electrons. The van der Waals surface area contributed by atoms with Gasteiger partial charge in [-0.25, -0.2) is 0 Å². The lowest BCUT2D eigenvalue weighted by atomic mass is 9.33. The minimum atomic E-state index is -0.134. The molecule has 0 spiro atoms. The van der Waals surface area contributed by atoms with Crippen molar-refractivity contribution in [3.63, 3.8) is 0 Å². The van der Waals surface area contributed by atoms with Crippen LogP contribution in [0.2, 0.25) is 0 Å². The first-order valence-electron chi connectivity index (χ1n) is 28.0. The largest absolute Gasteiger partial charge is 0.489 e. The zero-order chi connectivity index (χ0) is 54.2. The molecule has 9 aromatic carbocycles. The zero-order valence-corrected chi connectivity index (χ0v) is 48.2. The van der Waals surface area contributed by atoms with E-state index in [1.54, 1.807) is 0 Å². The Kier molecular flexibility index (Phi) is 11.7. The Morgan fingerprint density at radius 2 is 1.00 bits per heavy atom. The van der Waals surface area contributed by atoms with Crippen LogP contribution >= 0.6 is 11.3 Å². The molecule has 6 heteroatoms. The number of thiophene rings is 1. The number of anilines is 6. The van der Waals surface area contributed by atoms with E-state index in [-0.39, 0.29) is 23.0 Å². The molecular weight excluding hydrogens is 968 g/mol. The maximum atomic E-state index is 6.97. The second kappa shape index (κ2) is 18.3. The highest BCUT2D eigenvalue weighted by molar-refractivity contribution is 7.25. The van der Waals surface area contributed by atoms with Gasteiger partial charge in [0.15, 0.2) is 11.5 Å². The van der Waals surface area contributed by atoms with Crippen molar-refractivity contribution in [2.45, 2.75) is 106 Å². The normalized spacial score (nSPS) is 14.1. The number of rotatable bonds is 5. The standard InChI is InChI=1S/C72H69BN2O2S/c1-43-34-61-66-62(35-43)75(67-44(2)36-54(37-45(67)3)72(10,11)12)68-58(29-31-63-69(68)77-33-15-32-76-63)73(66)59-41-48(49-22-28-57-56-16-13-14-17-64(56)78-65(57)42-49)23-30-60(59)74(61)55-39-50(46-18-24-52(25-19-46)70(4,5)6)38-51(40-55)47-20-26-53(27-21-47)71(7,8)9/h13-14,16-31,34-42H,15,32-33H2,1-12H3. The SMILES string of the molecule is Cc1cc2c3c(c1)N(c1c(C)cc(C(C)(C)C)cc1C)c1c(ccc4c1OCCCO4)B3c1cc(-c3ccc4c(c3)sc3ccccc34)ccc1N2c1cc(-c2ccc(C(C)(C)C)cc2)cc(-c2ccc(C(C)(C)C)cc2)c1. The molecule has 3 aliphatic rings. The zero-order valence-electron chi connectivity index (χ0n) is 47.4. The van der Waals surface area contributed by atoms with Crippen molar-refractivity contribution >= 4 is 88.7 Å². The van der Waals surface area contributed by atoms with Gasteiger partial charge in [0.05, 0.1) is 24.6 Å². The minimum absolute atomic E-state index is 0.0183. The molecule has 4 nitrogen and oxygen atoms in total. The van der Waals surface area contributed by atoms with E-state index in [1.807, 2.05) is 11.3 Å². The fourth-order valence-corrected chi connectivity index (χ4v) is 13.7. The molecule has 3 aliphatic heterocycles. The van der Waals surface area contributed by atoms with Crippen LogP contribution in [0.5, 0.6) is 11.5 Å². The summed E-state index contributed by atoms with van der Waals surface area (Å²) in [6.07, 6.45) is 0.818. The van der Waals surface area contributed by atoms with E-state index >= 15 is 0 Å². The molecule has 0 aliphatic carbocycles. The number of hydrogen-bond donors (Lipinski definition) is 0. The minimum Gasteiger partial charge on any atom is -0.489 e. The molecule has 0 saturated carbocycles. The molecule has 13 rings (SSSR count). The third-order valence-corrected chi connectivity index (χ3v) is 17.9. The van der Waals surface area contributed by atoms with Crippen LogP contribution < -0.4 is 35.7 Å². The second-order valence-electron chi connectivity index (χ2n) is 25.4. The Balaban J connectivity index is 1.10. The first kappa shape index (κ1) is 50.0. The molecule has 0 bridgehead atoms. The molecule has 0 unspecified atom stereocenters. The summed E-state index contributed by atoms with van der Waals surface area (Å²) in [5, 5.41) is 2.62. The molecule has 10 aromatic rings. The maximum absolute atomic E-state index is 6.97. The quantitative estimate of drug-likeness (QED) is 0.160. The van der Waals surface area contributed by atoms with Crippen molar-refractivity contribution in [3.05, 3.63) is 197 Å². The lowest BCUT2D eigenvalue weighted by Crippen LogP contribution is -2.61. The van der Waals surface area contributed by atoms with Crippen LogP contribution in [0.25, 0.3) is 53.6 Å². The van der Waals surface area contributed by atoms with Crippen molar-refractivity contribution in [3.8, 4) is 44.9 Å². The fourth-order valence-electron chi connectivity index (χ4n) is 12.6. The molecule has 1 aromatic heterocycles. The van der Waals surface area contributed by atoms with Crippen LogP contribution in [0.4, 0.5) is 34.1 Å². The highest BCUT2D eigenvalue weighted by Gasteiger charge is 2.46. The van der Waals surface area contributed by atoms with Crippen molar-refractivity contribution < 1.29 is 9.47 Å². The Morgan fingerprint density at radius 3 is 1.64 bits per heavy atom. The van der Waals surface area contributed by atoms with Crippen molar-refractivity contribution in [2.75, 3.05) is 23.0 Å². The molecule has 0 amide bonds. The van der Waals surface area contributed by atoms with Gasteiger partial charge in [0.1, 0.15) is 0 Å². The van der Waals surface area contributed by atoms with E-state index in [0.717, 1.165) is 35.0 Å². The summed E-state index contributed by atoms with van der Waals surface area (Å²) in [6, 6.07) is 63.1. The van der Waals surface area contributed by atoms with Gasteiger partial charge in [0.2, 0.25) is 0 Å². The van der Waals surface area contributed by atoms with Gasteiger partial charge in [-0.2, -0.15) is 0 Å². The summed E-state index contributed by atoms with van der Waals surface area (Å²) in [5.41, 5.74) is 25.4. The van der Waals surface area contributed by atoms with Gasteiger partial charge >= 0.3 is 0 Å². The smallest absolute Gasteiger partial charge is 0.252 e. The fraction of sp³-hybridized carbons (Fsp3) is 0.250. The molecule has 0 N–H and O–H groups in total. The summed E-state index contributed by atoms with van der Waals surface area (Å²) < 4.78 is 16.2. The topological polar surface area (TPSA) is 24.9 Å². The lowest BCUT2D eigenvalue weighted by Gasteiger charge is -2.45. The van der Waals surface area contributed by atoms with Crippen LogP contribution in [0, 0.1) is 20.8 Å². The molecule has 0 fully saturated rings. The van der Waals surface area contributed by atoms with Gasteiger partial charge in [-0.05, 0) is 175 Å². The maximum Gasteiger partial charge on any atom is 0.252 e. The van der Waals surface area contributed by atoms with Crippen molar-refractivity contribution in [1.29, 1.82) is 0 Å². The van der Waals surface area contributed by atoms with E-state index in [2.05, 4.69) is 257 Å². The highest BCUT2D eigenvalue weighted by atomic mass is 32.1. The molecule has 0 atom stereocenters. The van der Waals surface area contributed by atoms with E-state index in [4.69, 9.17) is 9.47 Å². The molecule has 0 saturated heterocycles. The average Bonchev–Trinajstić information content (AvgIpc) is 3.76. The summed E-state index contributed by atoms with van der Waals surface area (Å²) in [7, 11) is 0. The van der Waals surface area contributed by atoms with Gasteiger partial charge in [0.25, 0.3) is 6.71 Å². The number of nitrogens with zero attached hydrogens (tertiary/aromatic N) is 2. The molecule has 4 heterocycles. The highest BCUT2D eigenvalue weighted by Crippen LogP contribution is 2.52. The predicted octanol–water partition coefficient (Wildman–Crippen LogP) is 18.1. The summed E-state index contributed by atoms with van der Waals surface area (Å²) in [6.45, 7) is 28.6. The number of ether oxygens (including phenoxy) is 2. The third-order valence-electron chi connectivity index (χ3n) is 16.7. The Bertz CT molecular complexity index is 3950. The van der Waals surface area contributed by atoms with E-state index in [1.165, 1.54) is 120 Å². The summed E-state index contributed by atoms with van der Waals surface area (Å²) in [4.78, 5) is 5.14. The third kappa shape index (κ3) is 8.41. The molecule has 78 heavy (non-hydrogen) atoms. The summed E-state index contributed by atoms with van der Waals surface area (Å²) in [5.74, 6) is 1.62. The van der Waals surface area contributed by atoms with Crippen LogP contribution in [-0.2, 0) is 16.2 Å². The van der Waals surface area contributed by atoms with Gasteiger partial charge in [-0.1, -0.05) is 172 Å². The lowest BCUT2D eigenvalue weighted by molar-refractivity contribution is 0.297. The predicted molar refractivity (Wildman–Crippen MR) is 336 cm³/mol. The molecule has 0 radical (unpaired) electrons. The van der Waals surface area contributed by atoms with Crippen LogP contribution in [-0.4, -0.2) is 19.9 Å². The number of benzene rings is 9. The molecular formula is C72H69BN2O2S. The van der Waals surface area contributed by atoms with Crippen molar-refractivity contribution in [2.24, 2.45) is 0 Å². The van der Waals surface area contributed by atoms with Crippen LogP contribution in [0.3, 0.4) is 0 Å². The number of fused-ring (bicyclic) bond motifs is 9. The Hall–Kier alpha value is -7.54. The number of hydrogen-bond acceptors (Lipinski definition) is 5.